The van der Waals surface area contributed by atoms with Gasteiger partial charge in [-0.15, -0.1) is 0 Å². The van der Waals surface area contributed by atoms with E-state index in [4.69, 9.17) is 17.2 Å². The van der Waals surface area contributed by atoms with E-state index in [0.29, 0.717) is 30.4 Å². The van der Waals surface area contributed by atoms with Crippen molar-refractivity contribution in [2.45, 2.75) is 120 Å². The minimum Gasteiger partial charge on any atom is -0.370 e. The number of rotatable bonds is 27. The Labute approximate surface area is 435 Å². The molecule has 20 nitrogen and oxygen atoms in total. The lowest BCUT2D eigenvalue weighted by atomic mass is 9.76. The van der Waals surface area contributed by atoms with Crippen molar-refractivity contribution in [3.8, 4) is 0 Å². The van der Waals surface area contributed by atoms with Crippen LogP contribution in [0.15, 0.2) is 90.1 Å². The van der Waals surface area contributed by atoms with E-state index in [1.54, 1.807) is 36.5 Å². The van der Waals surface area contributed by atoms with Crippen LogP contribution in [0.1, 0.15) is 74.6 Å². The highest BCUT2D eigenvalue weighted by atomic mass is 32.1. The van der Waals surface area contributed by atoms with Crippen LogP contribution >= 0.6 is 25.3 Å². The molecule has 0 fully saturated rings. The number of carbonyl (C=O) groups excluding carboxylic acids is 8. The Hall–Kier alpha value is -7.07. The molecule has 8 amide bonds. The van der Waals surface area contributed by atoms with Gasteiger partial charge >= 0.3 is 0 Å². The number of para-hydroxylation sites is 1. The first-order valence-corrected chi connectivity index (χ1v) is 25.6. The Balaban J connectivity index is 1.47. The lowest BCUT2D eigenvalue weighted by Crippen LogP contribution is -2.67. The number of guanidine groups is 1. The van der Waals surface area contributed by atoms with Crippen molar-refractivity contribution in [2.24, 2.45) is 22.2 Å². The number of fused-ring (bicyclic) bond motifs is 2. The monoisotopic (exact) mass is 1040 g/mol. The predicted molar refractivity (Wildman–Crippen MR) is 285 cm³/mol. The molecule has 3 aromatic carbocycles. The third-order valence-electron chi connectivity index (χ3n) is 12.6. The van der Waals surface area contributed by atoms with E-state index in [9.17, 15) is 33.6 Å². The molecule has 1 heterocycles. The van der Waals surface area contributed by atoms with Gasteiger partial charge in [-0.25, -0.2) is 0 Å². The standard InChI is InChI=1S/C51H68N12O8S2/c1-3-4-18-37(57-30(2)64)44(66)61-42(29-73)48(70)63-51(22-21-32-15-8-9-16-33(32)26-51)49(71)62-39(24-31-13-6-5-7-14-31)46(68)58-38(20-12-23-55-50(53)54)45(67)59-40(47(69)60-41(28-72)43(52)65)25-34-27-56-36-19-11-10-17-35(34)36/h5-11,13-17,19,27,37-42,56,72-73H,3-4,12,18,20-26,28-29H2,1-2H3,(H2,52,65)(H,57,64)(H,58,68)(H,59,67)(H,60,69)(H,61,66)(H,62,71)(H,63,70)(H4,53,54,55)/t37-,38-,39+,40-,41-,42-,51?/m0/s1. The van der Waals surface area contributed by atoms with E-state index < -0.39 is 89.0 Å². The second kappa shape index (κ2) is 27.7. The van der Waals surface area contributed by atoms with E-state index >= 15 is 4.79 Å². The van der Waals surface area contributed by atoms with Crippen molar-refractivity contribution in [3.63, 3.8) is 0 Å². The number of aromatic amines is 1. The Morgan fingerprint density at radius 1 is 0.644 bits per heavy atom. The van der Waals surface area contributed by atoms with Crippen LogP contribution in [0.4, 0.5) is 0 Å². The number of hydrogen-bond acceptors (Lipinski definition) is 11. The summed E-state index contributed by atoms with van der Waals surface area (Å²) in [6.07, 6.45) is 4.03. The number of H-pyrrole nitrogens is 1. The molecule has 7 atom stereocenters. The van der Waals surface area contributed by atoms with Crippen LogP contribution in [0.3, 0.4) is 0 Å². The maximum absolute atomic E-state index is 15.1. The zero-order chi connectivity index (χ0) is 53.1. The van der Waals surface area contributed by atoms with Gasteiger partial charge in [0.1, 0.15) is 41.8 Å². The number of primary amides is 1. The Kier molecular flexibility index (Phi) is 21.5. The van der Waals surface area contributed by atoms with Crippen LogP contribution in [0, 0.1) is 0 Å². The van der Waals surface area contributed by atoms with Gasteiger partial charge in [-0.2, -0.15) is 25.3 Å². The maximum Gasteiger partial charge on any atom is 0.246 e. The van der Waals surface area contributed by atoms with Crippen molar-refractivity contribution >= 4 is 89.4 Å². The van der Waals surface area contributed by atoms with Gasteiger partial charge in [0.05, 0.1) is 0 Å². The molecule has 4 aromatic rings. The summed E-state index contributed by atoms with van der Waals surface area (Å²) in [4.78, 5) is 118. The Morgan fingerprint density at radius 3 is 1.85 bits per heavy atom. The summed E-state index contributed by atoms with van der Waals surface area (Å²) in [5, 5.41) is 20.2. The predicted octanol–water partition coefficient (Wildman–Crippen LogP) is 0.514. The number of nitrogens with zero attached hydrogens (tertiary/aromatic N) is 1. The van der Waals surface area contributed by atoms with Crippen LogP contribution in [0.5, 0.6) is 0 Å². The fraction of sp³-hybridized carbons (Fsp3) is 0.431. The SMILES string of the molecule is CCCC[C@H](NC(C)=O)C(=O)N[C@@H](CS)C(=O)NC1(C(=O)N[C@H](Cc2ccccc2)C(=O)N[C@@H](CCCN=C(N)N)C(=O)N[C@@H](Cc2c[nH]c3ccccc23)C(=O)N[C@@H](CS)C(N)=O)CCc2ccccc2C1. The highest BCUT2D eigenvalue weighted by molar-refractivity contribution is 7.80. The van der Waals surface area contributed by atoms with Crippen molar-refractivity contribution in [2.75, 3.05) is 18.1 Å². The largest absolute Gasteiger partial charge is 0.370 e. The molecule has 14 N–H and O–H groups in total. The number of aromatic nitrogens is 1. The number of benzene rings is 3. The van der Waals surface area contributed by atoms with Gasteiger partial charge in [-0.3, -0.25) is 43.3 Å². The molecule has 0 aliphatic heterocycles. The lowest BCUT2D eigenvalue weighted by Gasteiger charge is -2.39. The Morgan fingerprint density at radius 2 is 1.21 bits per heavy atom. The smallest absolute Gasteiger partial charge is 0.246 e. The van der Waals surface area contributed by atoms with E-state index in [-0.39, 0.29) is 62.5 Å². The van der Waals surface area contributed by atoms with Gasteiger partial charge < -0.3 is 59.4 Å². The topological polar surface area (TPSA) is 327 Å². The first-order valence-electron chi connectivity index (χ1n) is 24.3. The molecule has 1 aliphatic carbocycles. The zero-order valence-electron chi connectivity index (χ0n) is 41.1. The number of thiol groups is 2. The second-order valence-electron chi connectivity index (χ2n) is 18.2. The van der Waals surface area contributed by atoms with E-state index in [1.165, 1.54) is 6.92 Å². The number of carbonyl (C=O) groups is 8. The van der Waals surface area contributed by atoms with E-state index in [1.807, 2.05) is 55.5 Å². The lowest BCUT2D eigenvalue weighted by molar-refractivity contribution is -0.138. The number of amides is 8. The summed E-state index contributed by atoms with van der Waals surface area (Å²) in [6, 6.07) is 16.5. The van der Waals surface area contributed by atoms with Crippen molar-refractivity contribution in [1.82, 2.24) is 42.2 Å². The summed E-state index contributed by atoms with van der Waals surface area (Å²) in [5.74, 6) is -5.97. The van der Waals surface area contributed by atoms with Crippen LogP contribution in [-0.2, 0) is 64.0 Å². The number of hydrogen-bond donors (Lipinski definition) is 13. The Bertz CT molecular complexity index is 2610. The summed E-state index contributed by atoms with van der Waals surface area (Å²) >= 11 is 8.56. The third kappa shape index (κ3) is 16.5. The van der Waals surface area contributed by atoms with Gasteiger partial charge in [0.25, 0.3) is 0 Å². The number of nitrogens with one attached hydrogen (secondary N) is 8. The highest BCUT2D eigenvalue weighted by Gasteiger charge is 2.45. The number of aliphatic imine (C=N–C) groups is 1. The van der Waals surface area contributed by atoms with Crippen LogP contribution in [0.2, 0.25) is 0 Å². The van der Waals surface area contributed by atoms with Gasteiger partial charge in [0, 0.05) is 61.3 Å². The number of aryl methyl sites for hydroxylation is 1. The summed E-state index contributed by atoms with van der Waals surface area (Å²) in [5.41, 5.74) is 18.9. The van der Waals surface area contributed by atoms with E-state index in [2.05, 4.69) is 72.5 Å². The molecule has 0 saturated heterocycles. The zero-order valence-corrected chi connectivity index (χ0v) is 42.9. The molecule has 1 aliphatic rings. The minimum atomic E-state index is -1.65. The normalized spacial score (nSPS) is 16.4. The highest BCUT2D eigenvalue weighted by Crippen LogP contribution is 2.30. The van der Waals surface area contributed by atoms with Gasteiger partial charge in [0.2, 0.25) is 47.3 Å². The molecule has 1 unspecified atom stereocenters. The molecule has 1 aromatic heterocycles. The molecule has 0 radical (unpaired) electrons. The third-order valence-corrected chi connectivity index (χ3v) is 13.4. The average Bonchev–Trinajstić information content (AvgIpc) is 3.78. The molecule has 22 heteroatoms. The first-order chi connectivity index (χ1) is 35.0. The minimum absolute atomic E-state index is 0.0260. The van der Waals surface area contributed by atoms with Crippen molar-refractivity contribution in [1.29, 1.82) is 0 Å². The number of nitrogens with two attached hydrogens (primary N) is 3. The second-order valence-corrected chi connectivity index (χ2v) is 18.9. The molecule has 0 bridgehead atoms. The van der Waals surface area contributed by atoms with Crippen LogP contribution in [-0.4, -0.2) is 118 Å². The fourth-order valence-electron chi connectivity index (χ4n) is 8.69. The quantitative estimate of drug-likeness (QED) is 0.0170. The molecule has 392 valence electrons. The van der Waals surface area contributed by atoms with Crippen LogP contribution < -0.4 is 54.4 Å². The van der Waals surface area contributed by atoms with Gasteiger partial charge in [-0.1, -0.05) is 92.6 Å². The van der Waals surface area contributed by atoms with Gasteiger partial charge in [-0.05, 0) is 60.4 Å². The molecule has 5 rings (SSSR count). The van der Waals surface area contributed by atoms with Crippen LogP contribution in [0.25, 0.3) is 10.9 Å². The van der Waals surface area contributed by atoms with E-state index in [0.717, 1.165) is 28.5 Å². The average molecular weight is 1040 g/mol. The first kappa shape index (κ1) is 56.8. The molecule has 0 spiro atoms. The summed E-state index contributed by atoms with van der Waals surface area (Å²) in [7, 11) is 0. The molecule has 73 heavy (non-hydrogen) atoms. The molecular weight excluding hydrogens is 973 g/mol. The molecule has 0 saturated carbocycles. The summed E-state index contributed by atoms with van der Waals surface area (Å²) < 4.78 is 0. The summed E-state index contributed by atoms with van der Waals surface area (Å²) in [6.45, 7) is 3.33. The maximum atomic E-state index is 15.1. The van der Waals surface area contributed by atoms with Crippen molar-refractivity contribution in [3.05, 3.63) is 107 Å². The van der Waals surface area contributed by atoms with Gasteiger partial charge in [0.15, 0.2) is 5.96 Å². The molecular formula is C51H68N12O8S2. The number of unbranched alkanes of at least 4 members (excludes halogenated alkanes) is 1. The van der Waals surface area contributed by atoms with Crippen molar-refractivity contribution < 1.29 is 38.4 Å². The fourth-order valence-corrected chi connectivity index (χ4v) is 9.21.